The van der Waals surface area contributed by atoms with E-state index < -0.39 is 11.5 Å². The minimum absolute atomic E-state index is 0.0977. The van der Waals surface area contributed by atoms with E-state index in [1.54, 1.807) is 30.3 Å². The lowest BCUT2D eigenvalue weighted by Gasteiger charge is -2.09. The van der Waals surface area contributed by atoms with Crippen molar-refractivity contribution in [2.45, 2.75) is 6.54 Å². The van der Waals surface area contributed by atoms with E-state index in [1.165, 1.54) is 22.9 Å². The number of pyridine rings is 1. The molecule has 2 aromatic heterocycles. The minimum atomic E-state index is -0.623. The van der Waals surface area contributed by atoms with Crippen LogP contribution in [0.25, 0.3) is 16.7 Å². The van der Waals surface area contributed by atoms with Gasteiger partial charge in [0.2, 0.25) is 5.91 Å². The van der Waals surface area contributed by atoms with E-state index in [0.29, 0.717) is 28.0 Å². The largest absolute Gasteiger partial charge is 0.366 e. The molecule has 4 aromatic rings. The molecular weight excluding hydrogens is 450 g/mol. The Morgan fingerprint density at radius 1 is 1.09 bits per heavy atom. The van der Waals surface area contributed by atoms with Gasteiger partial charge >= 0.3 is 0 Å². The van der Waals surface area contributed by atoms with Gasteiger partial charge in [-0.2, -0.15) is 0 Å². The molecule has 8 nitrogen and oxygen atoms in total. The highest BCUT2D eigenvalue weighted by Gasteiger charge is 2.12. The Bertz CT molecular complexity index is 1460. The zero-order valence-corrected chi connectivity index (χ0v) is 18.0. The van der Waals surface area contributed by atoms with Gasteiger partial charge in [-0.3, -0.25) is 14.4 Å². The third-order valence-electron chi connectivity index (χ3n) is 4.79. The molecule has 0 spiro atoms. The first kappa shape index (κ1) is 21.4. The molecule has 2 aromatic carbocycles. The molecule has 0 atom stereocenters. The number of primary amides is 1. The van der Waals surface area contributed by atoms with Crippen LogP contribution in [0.2, 0.25) is 5.02 Å². The van der Waals surface area contributed by atoms with Gasteiger partial charge in [0.15, 0.2) is 4.77 Å². The number of nitrogens with one attached hydrogen (secondary N) is 2. The molecule has 0 unspecified atom stereocenters. The highest BCUT2D eigenvalue weighted by Crippen LogP contribution is 2.14. The maximum absolute atomic E-state index is 13.0. The van der Waals surface area contributed by atoms with Crippen molar-refractivity contribution in [2.24, 2.45) is 5.73 Å². The number of hydrogen-bond donors (Lipinski definition) is 3. The van der Waals surface area contributed by atoms with Crippen molar-refractivity contribution in [3.63, 3.8) is 0 Å². The Morgan fingerprint density at radius 2 is 1.81 bits per heavy atom. The van der Waals surface area contributed by atoms with E-state index in [1.807, 2.05) is 12.1 Å². The number of hydrogen-bond acceptors (Lipinski definition) is 5. The molecule has 160 valence electrons. The number of nitrogens with two attached hydrogens (primary N) is 1. The Kier molecular flexibility index (Phi) is 5.85. The zero-order chi connectivity index (χ0) is 22.8. The average molecular weight is 466 g/mol. The Balaban J connectivity index is 1.63. The summed E-state index contributed by atoms with van der Waals surface area (Å²) in [7, 11) is 0. The Labute approximate surface area is 191 Å². The van der Waals surface area contributed by atoms with E-state index in [4.69, 9.17) is 29.6 Å². The van der Waals surface area contributed by atoms with E-state index in [9.17, 15) is 14.4 Å². The second-order valence-electron chi connectivity index (χ2n) is 6.91. The number of carbonyl (C=O) groups is 2. The molecule has 0 saturated carbocycles. The van der Waals surface area contributed by atoms with Crippen LogP contribution in [0, 0.1) is 4.77 Å². The summed E-state index contributed by atoms with van der Waals surface area (Å²) in [5.74, 6) is -0.677. The van der Waals surface area contributed by atoms with Crippen LogP contribution in [0.5, 0.6) is 0 Å². The molecule has 0 saturated heterocycles. The van der Waals surface area contributed by atoms with E-state index >= 15 is 0 Å². The summed E-state index contributed by atoms with van der Waals surface area (Å²) < 4.78 is 1.31. The molecule has 32 heavy (non-hydrogen) atoms. The van der Waals surface area contributed by atoms with Crippen LogP contribution in [0.3, 0.4) is 0 Å². The fraction of sp³-hybridized carbons (Fsp3) is 0.0455. The lowest BCUT2D eigenvalue weighted by Crippen LogP contribution is -2.24. The minimum Gasteiger partial charge on any atom is -0.366 e. The van der Waals surface area contributed by atoms with Gasteiger partial charge in [-0.25, -0.2) is 9.55 Å². The molecule has 0 aliphatic rings. The third-order valence-corrected chi connectivity index (χ3v) is 5.32. The van der Waals surface area contributed by atoms with Gasteiger partial charge in [0, 0.05) is 23.3 Å². The molecule has 0 aliphatic heterocycles. The molecule has 10 heteroatoms. The summed E-state index contributed by atoms with van der Waals surface area (Å²) in [6.07, 6.45) is 1.27. The van der Waals surface area contributed by atoms with Crippen molar-refractivity contribution in [3.05, 3.63) is 97.6 Å². The molecule has 0 radical (unpaired) electrons. The normalized spacial score (nSPS) is 10.8. The van der Waals surface area contributed by atoms with Gasteiger partial charge in [-0.15, -0.1) is 0 Å². The third kappa shape index (κ3) is 4.29. The van der Waals surface area contributed by atoms with Crippen LogP contribution >= 0.6 is 23.8 Å². The van der Waals surface area contributed by atoms with Crippen LogP contribution < -0.4 is 16.6 Å². The quantitative estimate of drug-likeness (QED) is 0.391. The summed E-state index contributed by atoms with van der Waals surface area (Å²) in [5.41, 5.74) is 6.73. The summed E-state index contributed by atoms with van der Waals surface area (Å²) in [6, 6.07) is 14.8. The zero-order valence-electron chi connectivity index (χ0n) is 16.5. The van der Waals surface area contributed by atoms with Crippen LogP contribution in [-0.2, 0) is 6.54 Å². The number of rotatable bonds is 5. The van der Waals surface area contributed by atoms with Gasteiger partial charge in [0.1, 0.15) is 5.82 Å². The number of carbonyl (C=O) groups excluding carboxylic acids is 2. The molecule has 2 amide bonds. The number of fused-ring (bicyclic) bond motifs is 1. The number of aromatic nitrogens is 3. The van der Waals surface area contributed by atoms with Gasteiger partial charge < -0.3 is 16.0 Å². The summed E-state index contributed by atoms with van der Waals surface area (Å²) in [5, 5.41) is 3.77. The molecule has 0 fully saturated rings. The summed E-state index contributed by atoms with van der Waals surface area (Å²) in [4.78, 5) is 43.9. The van der Waals surface area contributed by atoms with Crippen molar-refractivity contribution < 1.29 is 9.59 Å². The molecule has 4 N–H and O–H groups in total. The first-order valence-corrected chi connectivity index (χ1v) is 10.2. The fourth-order valence-electron chi connectivity index (χ4n) is 3.12. The van der Waals surface area contributed by atoms with Crippen LogP contribution in [0.1, 0.15) is 26.3 Å². The maximum Gasteiger partial charge on any atom is 0.267 e. The molecule has 0 aliphatic carbocycles. The lowest BCUT2D eigenvalue weighted by molar-refractivity contribution is 0.0949. The molecule has 0 bridgehead atoms. The summed E-state index contributed by atoms with van der Waals surface area (Å²) in [6.45, 7) is 0.332. The van der Waals surface area contributed by atoms with Crippen molar-refractivity contribution in [1.29, 1.82) is 0 Å². The number of amides is 2. The first-order valence-electron chi connectivity index (χ1n) is 9.41. The number of benzene rings is 2. The predicted molar refractivity (Wildman–Crippen MR) is 124 cm³/mol. The standard InChI is InChI=1S/C22H16ClN5O3S/c23-15-5-1-12(2-6-15)10-26-20(30)13-3-7-16-17(9-13)27-22(32)28(21(16)31)18-8-4-14(11-25-18)19(24)29/h1-9,11H,10H2,(H2,24,29)(H,26,30)(H,27,32). The number of aromatic amines is 1. The van der Waals surface area contributed by atoms with Crippen LogP contribution in [0.4, 0.5) is 0 Å². The molecule has 4 rings (SSSR count). The average Bonchev–Trinajstić information content (AvgIpc) is 2.78. The topological polar surface area (TPSA) is 123 Å². The number of nitrogens with zero attached hydrogens (tertiary/aromatic N) is 2. The van der Waals surface area contributed by atoms with Crippen LogP contribution in [-0.4, -0.2) is 26.3 Å². The first-order chi connectivity index (χ1) is 15.3. The van der Waals surface area contributed by atoms with Crippen molar-refractivity contribution >= 4 is 46.5 Å². The Hall–Kier alpha value is -3.82. The predicted octanol–water partition coefficient (Wildman–Crippen LogP) is 3.13. The monoisotopic (exact) mass is 465 g/mol. The van der Waals surface area contributed by atoms with Gasteiger partial charge in [0.05, 0.1) is 16.5 Å². The maximum atomic E-state index is 13.0. The molecular formula is C22H16ClN5O3S. The second-order valence-corrected chi connectivity index (χ2v) is 7.73. The SMILES string of the molecule is NC(=O)c1ccc(-n2c(=S)[nH]c3cc(C(=O)NCc4ccc(Cl)cc4)ccc3c2=O)nc1. The fourth-order valence-corrected chi connectivity index (χ4v) is 3.53. The second kappa shape index (κ2) is 8.74. The van der Waals surface area contributed by atoms with E-state index in [0.717, 1.165) is 5.56 Å². The van der Waals surface area contributed by atoms with Crippen molar-refractivity contribution in [1.82, 2.24) is 19.9 Å². The van der Waals surface area contributed by atoms with E-state index in [2.05, 4.69) is 15.3 Å². The highest BCUT2D eigenvalue weighted by molar-refractivity contribution is 7.71. The van der Waals surface area contributed by atoms with Crippen molar-refractivity contribution in [2.75, 3.05) is 0 Å². The van der Waals surface area contributed by atoms with Crippen molar-refractivity contribution in [3.8, 4) is 5.82 Å². The Morgan fingerprint density at radius 3 is 2.47 bits per heavy atom. The van der Waals surface area contributed by atoms with Gasteiger partial charge in [-0.05, 0) is 60.2 Å². The molecule has 2 heterocycles. The van der Waals surface area contributed by atoms with Crippen LogP contribution in [0.15, 0.2) is 65.6 Å². The number of H-pyrrole nitrogens is 1. The van der Waals surface area contributed by atoms with Gasteiger partial charge in [-0.1, -0.05) is 23.7 Å². The smallest absolute Gasteiger partial charge is 0.267 e. The highest BCUT2D eigenvalue weighted by atomic mass is 35.5. The lowest BCUT2D eigenvalue weighted by atomic mass is 10.1. The van der Waals surface area contributed by atoms with E-state index in [-0.39, 0.29) is 22.1 Å². The number of halogens is 1. The summed E-state index contributed by atoms with van der Waals surface area (Å²) >= 11 is 11.2. The van der Waals surface area contributed by atoms with Gasteiger partial charge in [0.25, 0.3) is 11.5 Å².